The number of rotatable bonds is 2. The molecule has 1 saturated carbocycles. The molecule has 0 bridgehead atoms. The van der Waals surface area contributed by atoms with E-state index < -0.39 is 0 Å². The lowest BCUT2D eigenvalue weighted by Gasteiger charge is -2.28. The second-order valence-corrected chi connectivity index (χ2v) is 5.73. The van der Waals surface area contributed by atoms with Crippen LogP contribution in [0.15, 0.2) is 30.3 Å². The molecule has 1 aliphatic carbocycles. The zero-order valence-electron chi connectivity index (χ0n) is 10.9. The highest BCUT2D eigenvalue weighted by atomic mass is 16.1. The molecule has 0 radical (unpaired) electrons. The minimum Gasteiger partial charge on any atom is -0.299 e. The lowest BCUT2D eigenvalue weighted by atomic mass is 9.74. The molecule has 0 heterocycles. The molecule has 0 unspecified atom stereocenters. The second kappa shape index (κ2) is 5.03. The number of hydrogen-bond acceptors (Lipinski definition) is 1. The van der Waals surface area contributed by atoms with Gasteiger partial charge in [0.1, 0.15) is 5.78 Å². The van der Waals surface area contributed by atoms with Crippen molar-refractivity contribution in [2.24, 2.45) is 11.3 Å². The second-order valence-electron chi connectivity index (χ2n) is 5.73. The van der Waals surface area contributed by atoms with Crippen molar-refractivity contribution in [1.82, 2.24) is 0 Å². The number of ketones is 1. The highest BCUT2D eigenvalue weighted by Gasteiger charge is 2.37. The predicted octanol–water partition coefficient (Wildman–Crippen LogP) is 4.01. The Morgan fingerprint density at radius 3 is 2.65 bits per heavy atom. The summed E-state index contributed by atoms with van der Waals surface area (Å²) in [7, 11) is 0. The number of hydrogen-bond donors (Lipinski definition) is 0. The van der Waals surface area contributed by atoms with Crippen LogP contribution in [0, 0.1) is 11.3 Å². The molecule has 1 aliphatic rings. The monoisotopic (exact) mass is 230 g/mol. The van der Waals surface area contributed by atoms with E-state index in [9.17, 15) is 4.79 Å². The van der Waals surface area contributed by atoms with Gasteiger partial charge in [-0.15, -0.1) is 0 Å². The zero-order chi connectivity index (χ0) is 12.3. The summed E-state index contributed by atoms with van der Waals surface area (Å²) >= 11 is 0. The summed E-state index contributed by atoms with van der Waals surface area (Å²) in [6.45, 7) is 4.25. The minimum atomic E-state index is -0.142. The lowest BCUT2D eigenvalue weighted by molar-refractivity contribution is -0.131. The van der Waals surface area contributed by atoms with E-state index in [0.717, 1.165) is 19.3 Å². The molecule has 0 saturated heterocycles. The molecule has 92 valence electrons. The summed E-state index contributed by atoms with van der Waals surface area (Å²) in [6, 6.07) is 10.4. The van der Waals surface area contributed by atoms with E-state index in [1.54, 1.807) is 0 Å². The zero-order valence-corrected chi connectivity index (χ0v) is 10.9. The lowest BCUT2D eigenvalue weighted by Crippen LogP contribution is -2.33. The fourth-order valence-electron chi connectivity index (χ4n) is 3.04. The first-order chi connectivity index (χ1) is 8.12. The molecule has 0 N–H and O–H groups in total. The van der Waals surface area contributed by atoms with E-state index in [0.29, 0.717) is 5.78 Å². The maximum atomic E-state index is 12.5. The van der Waals surface area contributed by atoms with Crippen LogP contribution in [0.1, 0.15) is 45.1 Å². The molecule has 1 aromatic rings. The molecule has 1 nitrogen and oxygen atoms in total. The molecule has 2 atom stereocenters. The molecule has 1 heteroatoms. The quantitative estimate of drug-likeness (QED) is 0.701. The molecule has 0 spiro atoms. The first kappa shape index (κ1) is 12.3. The number of carbonyl (C=O) groups is 1. The summed E-state index contributed by atoms with van der Waals surface area (Å²) < 4.78 is 0. The van der Waals surface area contributed by atoms with Gasteiger partial charge in [-0.2, -0.15) is 0 Å². The van der Waals surface area contributed by atoms with E-state index in [1.807, 2.05) is 6.07 Å². The highest BCUT2D eigenvalue weighted by molar-refractivity contribution is 5.86. The van der Waals surface area contributed by atoms with Crippen LogP contribution in [-0.4, -0.2) is 5.78 Å². The average Bonchev–Trinajstić information content (AvgIpc) is 2.45. The third kappa shape index (κ3) is 2.77. The van der Waals surface area contributed by atoms with Crippen molar-refractivity contribution in [3.05, 3.63) is 35.9 Å². The van der Waals surface area contributed by atoms with Gasteiger partial charge in [-0.3, -0.25) is 4.79 Å². The summed E-state index contributed by atoms with van der Waals surface area (Å²) in [6.07, 6.45) is 5.42. The van der Waals surface area contributed by atoms with Gasteiger partial charge in [0, 0.05) is 11.3 Å². The van der Waals surface area contributed by atoms with Crippen molar-refractivity contribution in [3.8, 4) is 0 Å². The average molecular weight is 230 g/mol. The third-order valence-corrected chi connectivity index (χ3v) is 4.10. The van der Waals surface area contributed by atoms with Crippen LogP contribution in [-0.2, 0) is 11.2 Å². The Hall–Kier alpha value is -1.11. The van der Waals surface area contributed by atoms with Crippen molar-refractivity contribution in [3.63, 3.8) is 0 Å². The Kier molecular flexibility index (Phi) is 3.66. The van der Waals surface area contributed by atoms with Gasteiger partial charge in [-0.25, -0.2) is 0 Å². The fourth-order valence-corrected chi connectivity index (χ4v) is 3.04. The maximum Gasteiger partial charge on any atom is 0.141 e. The van der Waals surface area contributed by atoms with Crippen LogP contribution in [0.3, 0.4) is 0 Å². The Morgan fingerprint density at radius 2 is 1.94 bits per heavy atom. The van der Waals surface area contributed by atoms with Gasteiger partial charge in [-0.1, -0.05) is 57.0 Å². The van der Waals surface area contributed by atoms with Crippen LogP contribution in [0.2, 0.25) is 0 Å². The van der Waals surface area contributed by atoms with Crippen LogP contribution in [0.25, 0.3) is 0 Å². The van der Waals surface area contributed by atoms with Crippen molar-refractivity contribution in [2.45, 2.75) is 46.0 Å². The first-order valence-corrected chi connectivity index (χ1v) is 6.70. The van der Waals surface area contributed by atoms with Crippen molar-refractivity contribution in [1.29, 1.82) is 0 Å². The van der Waals surface area contributed by atoms with Gasteiger partial charge in [0.15, 0.2) is 0 Å². The largest absolute Gasteiger partial charge is 0.299 e. The van der Waals surface area contributed by atoms with Gasteiger partial charge in [0.05, 0.1) is 0 Å². The molecule has 0 aliphatic heterocycles. The Morgan fingerprint density at radius 1 is 1.24 bits per heavy atom. The fraction of sp³-hybridized carbons (Fsp3) is 0.562. The Balaban J connectivity index is 2.19. The molecule has 0 amide bonds. The van der Waals surface area contributed by atoms with E-state index >= 15 is 0 Å². The SMILES string of the molecule is C[C@@H]1CCCC[C@](C)(Cc2ccccc2)C1=O. The third-order valence-electron chi connectivity index (χ3n) is 4.10. The molecule has 1 aromatic carbocycles. The van der Waals surface area contributed by atoms with Crippen LogP contribution in [0.5, 0.6) is 0 Å². The van der Waals surface area contributed by atoms with Crippen LogP contribution in [0.4, 0.5) is 0 Å². The Labute approximate surface area is 104 Å². The van der Waals surface area contributed by atoms with E-state index in [1.165, 1.54) is 18.4 Å². The number of carbonyl (C=O) groups excluding carboxylic acids is 1. The molecule has 2 rings (SSSR count). The molecule has 1 fully saturated rings. The molecular formula is C16H22O. The Bertz CT molecular complexity index is 382. The summed E-state index contributed by atoms with van der Waals surface area (Å²) in [5.41, 5.74) is 1.15. The van der Waals surface area contributed by atoms with Crippen LogP contribution >= 0.6 is 0 Å². The van der Waals surface area contributed by atoms with Crippen molar-refractivity contribution in [2.75, 3.05) is 0 Å². The van der Waals surface area contributed by atoms with Gasteiger partial charge in [-0.05, 0) is 24.8 Å². The summed E-state index contributed by atoms with van der Waals surface area (Å²) in [5, 5.41) is 0. The van der Waals surface area contributed by atoms with E-state index in [2.05, 4.69) is 38.1 Å². The number of benzene rings is 1. The first-order valence-electron chi connectivity index (χ1n) is 6.70. The van der Waals surface area contributed by atoms with E-state index in [-0.39, 0.29) is 11.3 Å². The normalized spacial score (nSPS) is 30.0. The van der Waals surface area contributed by atoms with Crippen molar-refractivity contribution < 1.29 is 4.79 Å². The van der Waals surface area contributed by atoms with Gasteiger partial charge in [0.25, 0.3) is 0 Å². The predicted molar refractivity (Wildman–Crippen MR) is 70.9 cm³/mol. The van der Waals surface area contributed by atoms with Gasteiger partial charge in [0.2, 0.25) is 0 Å². The molecule has 17 heavy (non-hydrogen) atoms. The highest BCUT2D eigenvalue weighted by Crippen LogP contribution is 2.37. The van der Waals surface area contributed by atoms with Gasteiger partial charge >= 0.3 is 0 Å². The van der Waals surface area contributed by atoms with Gasteiger partial charge < -0.3 is 0 Å². The van der Waals surface area contributed by atoms with Crippen molar-refractivity contribution >= 4 is 5.78 Å². The topological polar surface area (TPSA) is 17.1 Å². The maximum absolute atomic E-state index is 12.5. The van der Waals surface area contributed by atoms with Crippen LogP contribution < -0.4 is 0 Å². The molecule has 0 aromatic heterocycles. The van der Waals surface area contributed by atoms with E-state index in [4.69, 9.17) is 0 Å². The number of Topliss-reactive ketones (excluding diaryl/α,β-unsaturated/α-hetero) is 1. The standard InChI is InChI=1S/C16H22O/c1-13-8-6-7-11-16(2,15(13)17)12-14-9-4-3-5-10-14/h3-5,9-10,13H,6-8,11-12H2,1-2H3/t13-,16-/m1/s1. The summed E-state index contributed by atoms with van der Waals surface area (Å²) in [4.78, 5) is 12.5. The smallest absolute Gasteiger partial charge is 0.141 e. The molecular weight excluding hydrogens is 208 g/mol. The summed E-state index contributed by atoms with van der Waals surface area (Å²) in [5.74, 6) is 0.713. The minimum absolute atomic E-state index is 0.142.